The van der Waals surface area contributed by atoms with E-state index in [-0.39, 0.29) is 12.4 Å². The summed E-state index contributed by atoms with van der Waals surface area (Å²) in [7, 11) is -3.15. The number of rotatable bonds is 5. The Morgan fingerprint density at radius 1 is 1.31 bits per heavy atom. The predicted molar refractivity (Wildman–Crippen MR) is 64.4 cm³/mol. The van der Waals surface area contributed by atoms with E-state index in [1.807, 2.05) is 0 Å². The second-order valence-electron chi connectivity index (χ2n) is 3.26. The fourth-order valence-corrected chi connectivity index (χ4v) is 1.48. The maximum atomic E-state index is 10.8. The highest BCUT2D eigenvalue weighted by molar-refractivity contribution is 7.88. The molecular weight excluding hydrogens is 230 g/mol. The first-order valence-electron chi connectivity index (χ1n) is 4.59. The average molecular weight is 245 g/mol. The van der Waals surface area contributed by atoms with Crippen molar-refractivity contribution in [1.29, 1.82) is 0 Å². The molecule has 0 atom stereocenters. The van der Waals surface area contributed by atoms with Crippen molar-refractivity contribution in [2.75, 3.05) is 36.1 Å². The summed E-state index contributed by atoms with van der Waals surface area (Å²) in [4.78, 5) is 3.97. The van der Waals surface area contributed by atoms with Crippen LogP contribution in [0.3, 0.4) is 0 Å². The van der Waals surface area contributed by atoms with Crippen LogP contribution < -0.4 is 21.5 Å². The van der Waals surface area contributed by atoms with Crippen molar-refractivity contribution in [3.8, 4) is 0 Å². The Morgan fingerprint density at radius 3 is 2.56 bits per heavy atom. The number of nitrogens with two attached hydrogens (primary N) is 2. The van der Waals surface area contributed by atoms with Gasteiger partial charge in [0.15, 0.2) is 0 Å². The molecule has 0 bridgehead atoms. The molecule has 16 heavy (non-hydrogen) atoms. The zero-order valence-electron chi connectivity index (χ0n) is 8.90. The molecule has 0 aromatic carbocycles. The molecule has 90 valence electrons. The number of nitrogen functional groups attached to an aromatic ring is 2. The first-order chi connectivity index (χ1) is 7.38. The van der Waals surface area contributed by atoms with Crippen LogP contribution in [-0.2, 0) is 10.0 Å². The minimum absolute atomic E-state index is 0.251. The standard InChI is InChI=1S/C8H15N5O2S/c1-16(14,15)12-5-4-11-7-3-2-6(9)8(10)13-7/h2-3,12H,4-5,9H2,1H3,(H3,10,11,13). The van der Waals surface area contributed by atoms with Crippen LogP contribution in [-0.4, -0.2) is 32.7 Å². The molecular formula is C8H15N5O2S. The van der Waals surface area contributed by atoms with Gasteiger partial charge >= 0.3 is 0 Å². The van der Waals surface area contributed by atoms with Gasteiger partial charge in [-0.3, -0.25) is 0 Å². The third-order valence-corrected chi connectivity index (χ3v) is 2.48. The van der Waals surface area contributed by atoms with Gasteiger partial charge in [0.25, 0.3) is 0 Å². The Morgan fingerprint density at radius 2 is 2.00 bits per heavy atom. The number of nitrogens with one attached hydrogen (secondary N) is 2. The Kier molecular flexibility index (Phi) is 3.91. The number of aromatic nitrogens is 1. The maximum Gasteiger partial charge on any atom is 0.208 e. The number of pyridine rings is 1. The van der Waals surface area contributed by atoms with Crippen LogP contribution in [0.15, 0.2) is 12.1 Å². The third-order valence-electron chi connectivity index (χ3n) is 1.75. The van der Waals surface area contributed by atoms with E-state index in [0.29, 0.717) is 18.1 Å². The molecule has 0 fully saturated rings. The molecule has 0 spiro atoms. The molecule has 8 heteroatoms. The zero-order chi connectivity index (χ0) is 12.2. The van der Waals surface area contributed by atoms with Gasteiger partial charge in [-0.05, 0) is 12.1 Å². The van der Waals surface area contributed by atoms with E-state index in [1.165, 1.54) is 0 Å². The van der Waals surface area contributed by atoms with Gasteiger partial charge in [-0.2, -0.15) is 0 Å². The second kappa shape index (κ2) is 4.99. The van der Waals surface area contributed by atoms with Gasteiger partial charge in [0.2, 0.25) is 10.0 Å². The van der Waals surface area contributed by atoms with Crippen LogP contribution in [0.4, 0.5) is 17.3 Å². The lowest BCUT2D eigenvalue weighted by Gasteiger charge is -2.07. The second-order valence-corrected chi connectivity index (χ2v) is 5.10. The van der Waals surface area contributed by atoms with E-state index in [0.717, 1.165) is 6.26 Å². The third kappa shape index (κ3) is 4.32. The largest absolute Gasteiger partial charge is 0.396 e. The van der Waals surface area contributed by atoms with Crippen LogP contribution in [0.5, 0.6) is 0 Å². The van der Waals surface area contributed by atoms with Gasteiger partial charge < -0.3 is 16.8 Å². The van der Waals surface area contributed by atoms with Crippen LogP contribution in [0.2, 0.25) is 0 Å². The molecule has 7 nitrogen and oxygen atoms in total. The minimum atomic E-state index is -3.15. The zero-order valence-corrected chi connectivity index (χ0v) is 9.71. The highest BCUT2D eigenvalue weighted by Crippen LogP contribution is 2.13. The molecule has 0 amide bonds. The lowest BCUT2D eigenvalue weighted by molar-refractivity contribution is 0.589. The van der Waals surface area contributed by atoms with Crippen molar-refractivity contribution < 1.29 is 8.42 Å². The van der Waals surface area contributed by atoms with Crippen LogP contribution in [0.25, 0.3) is 0 Å². The number of hydrogen-bond donors (Lipinski definition) is 4. The Bertz CT molecular complexity index is 459. The van der Waals surface area contributed by atoms with E-state index in [9.17, 15) is 8.42 Å². The fourth-order valence-electron chi connectivity index (χ4n) is 1.01. The number of anilines is 3. The van der Waals surface area contributed by atoms with Crippen molar-refractivity contribution in [2.24, 2.45) is 0 Å². The molecule has 0 saturated carbocycles. The van der Waals surface area contributed by atoms with Crippen molar-refractivity contribution in [3.63, 3.8) is 0 Å². The Labute approximate surface area is 94.3 Å². The molecule has 1 aromatic rings. The van der Waals surface area contributed by atoms with Crippen molar-refractivity contribution in [1.82, 2.24) is 9.71 Å². The van der Waals surface area contributed by atoms with Gasteiger partial charge in [0.1, 0.15) is 11.6 Å². The topological polar surface area (TPSA) is 123 Å². The molecule has 0 radical (unpaired) electrons. The van der Waals surface area contributed by atoms with Gasteiger partial charge in [-0.15, -0.1) is 0 Å². The maximum absolute atomic E-state index is 10.8. The predicted octanol–water partition coefficient (Wildman–Crippen LogP) is -0.793. The van der Waals surface area contributed by atoms with Gasteiger partial charge in [-0.1, -0.05) is 0 Å². The minimum Gasteiger partial charge on any atom is -0.396 e. The monoisotopic (exact) mass is 245 g/mol. The summed E-state index contributed by atoms with van der Waals surface area (Å²) in [5.41, 5.74) is 11.4. The molecule has 1 heterocycles. The molecule has 6 N–H and O–H groups in total. The normalized spacial score (nSPS) is 11.3. The summed E-state index contributed by atoms with van der Waals surface area (Å²) < 4.78 is 23.8. The van der Waals surface area contributed by atoms with Crippen molar-refractivity contribution >= 4 is 27.3 Å². The molecule has 0 aliphatic rings. The molecule has 0 aliphatic carbocycles. The van der Waals surface area contributed by atoms with Crippen LogP contribution in [0, 0.1) is 0 Å². The fraction of sp³-hybridized carbons (Fsp3) is 0.375. The Balaban J connectivity index is 2.41. The molecule has 0 unspecified atom stereocenters. The van der Waals surface area contributed by atoms with Crippen LogP contribution in [0.1, 0.15) is 0 Å². The lowest BCUT2D eigenvalue weighted by atomic mass is 10.4. The number of hydrogen-bond acceptors (Lipinski definition) is 6. The lowest BCUT2D eigenvalue weighted by Crippen LogP contribution is -2.27. The first kappa shape index (κ1) is 12.5. The Hall–Kier alpha value is -1.54. The summed E-state index contributed by atoms with van der Waals surface area (Å²) in [5.74, 6) is 0.808. The van der Waals surface area contributed by atoms with Crippen LogP contribution >= 0.6 is 0 Å². The van der Waals surface area contributed by atoms with E-state index >= 15 is 0 Å². The van der Waals surface area contributed by atoms with Gasteiger partial charge in [0.05, 0.1) is 11.9 Å². The number of sulfonamides is 1. The summed E-state index contributed by atoms with van der Waals surface area (Å²) in [6, 6.07) is 3.31. The molecule has 0 aliphatic heterocycles. The smallest absolute Gasteiger partial charge is 0.208 e. The number of nitrogens with zero attached hydrogens (tertiary/aromatic N) is 1. The SMILES string of the molecule is CS(=O)(=O)NCCNc1ccc(N)c(N)n1. The highest BCUT2D eigenvalue weighted by Gasteiger charge is 2.00. The molecule has 1 rings (SSSR count). The molecule has 0 saturated heterocycles. The van der Waals surface area contributed by atoms with E-state index in [2.05, 4.69) is 15.0 Å². The highest BCUT2D eigenvalue weighted by atomic mass is 32.2. The van der Waals surface area contributed by atoms with Crippen molar-refractivity contribution in [2.45, 2.75) is 0 Å². The first-order valence-corrected chi connectivity index (χ1v) is 6.48. The van der Waals surface area contributed by atoms with Gasteiger partial charge in [-0.25, -0.2) is 18.1 Å². The van der Waals surface area contributed by atoms with Crippen molar-refractivity contribution in [3.05, 3.63) is 12.1 Å². The van der Waals surface area contributed by atoms with E-state index in [4.69, 9.17) is 11.5 Å². The summed E-state index contributed by atoms with van der Waals surface area (Å²) in [5, 5.41) is 2.91. The van der Waals surface area contributed by atoms with E-state index < -0.39 is 10.0 Å². The summed E-state index contributed by atoms with van der Waals surface area (Å²) >= 11 is 0. The average Bonchev–Trinajstić information content (AvgIpc) is 2.17. The summed E-state index contributed by atoms with van der Waals surface area (Å²) in [6.07, 6.45) is 1.10. The summed E-state index contributed by atoms with van der Waals surface area (Å²) in [6.45, 7) is 0.703. The van der Waals surface area contributed by atoms with E-state index in [1.54, 1.807) is 12.1 Å². The van der Waals surface area contributed by atoms with Gasteiger partial charge in [0, 0.05) is 13.1 Å². The quantitative estimate of drug-likeness (QED) is 0.504. The molecule has 1 aromatic heterocycles.